The van der Waals surface area contributed by atoms with Crippen molar-refractivity contribution in [3.63, 3.8) is 0 Å². The molecule has 1 heterocycles. The minimum atomic E-state index is -0.332. The van der Waals surface area contributed by atoms with Crippen molar-refractivity contribution in [2.75, 3.05) is 11.9 Å². The molecule has 1 aliphatic heterocycles. The van der Waals surface area contributed by atoms with Crippen LogP contribution in [-0.4, -0.2) is 29.2 Å². The van der Waals surface area contributed by atoms with Crippen LogP contribution < -0.4 is 5.32 Å². The van der Waals surface area contributed by atoms with E-state index in [2.05, 4.69) is 5.32 Å². The molecule has 0 radical (unpaired) electrons. The average molecular weight is 315 g/mol. The van der Waals surface area contributed by atoms with Gasteiger partial charge >= 0.3 is 0 Å². The SMILES string of the molecule is O=C(CCN1C(=O)CCC1=O)Nc1cccc(Cl)c1Cl. The number of amides is 3. The van der Waals surface area contributed by atoms with E-state index in [-0.39, 0.29) is 48.6 Å². The molecular formula is C13H12Cl2N2O3. The van der Waals surface area contributed by atoms with Gasteiger partial charge in [0.2, 0.25) is 17.7 Å². The first-order chi connectivity index (χ1) is 9.49. The fourth-order valence-corrected chi connectivity index (χ4v) is 2.25. The summed E-state index contributed by atoms with van der Waals surface area (Å²) in [5, 5.41) is 3.20. The predicted molar refractivity (Wildman–Crippen MR) is 75.7 cm³/mol. The van der Waals surface area contributed by atoms with Crippen molar-refractivity contribution < 1.29 is 14.4 Å². The van der Waals surface area contributed by atoms with Crippen LogP contribution in [0.2, 0.25) is 10.0 Å². The molecule has 0 unspecified atom stereocenters. The zero-order valence-corrected chi connectivity index (χ0v) is 12.0. The minimum Gasteiger partial charge on any atom is -0.325 e. The lowest BCUT2D eigenvalue weighted by Crippen LogP contribution is -2.32. The molecule has 0 aromatic heterocycles. The van der Waals surface area contributed by atoms with Crippen LogP contribution in [0.4, 0.5) is 5.69 Å². The number of benzene rings is 1. The molecule has 0 aliphatic carbocycles. The molecule has 1 aliphatic rings. The monoisotopic (exact) mass is 314 g/mol. The Morgan fingerprint density at radius 3 is 2.50 bits per heavy atom. The first kappa shape index (κ1) is 14.8. The standard InChI is InChI=1S/C13H12Cl2N2O3/c14-8-2-1-3-9(13(8)15)16-10(18)6-7-17-11(19)4-5-12(17)20/h1-3H,4-7H2,(H,16,18). The van der Waals surface area contributed by atoms with Gasteiger partial charge in [0.15, 0.2) is 0 Å². The molecule has 0 bridgehead atoms. The number of rotatable bonds is 4. The molecule has 3 amide bonds. The zero-order chi connectivity index (χ0) is 14.7. The molecule has 1 N–H and O–H groups in total. The summed E-state index contributed by atoms with van der Waals surface area (Å²) in [4.78, 5) is 35.7. The maximum atomic E-state index is 11.8. The molecule has 0 spiro atoms. The van der Waals surface area contributed by atoms with Crippen molar-refractivity contribution in [3.8, 4) is 0 Å². The van der Waals surface area contributed by atoms with Crippen LogP contribution in [0.15, 0.2) is 18.2 Å². The van der Waals surface area contributed by atoms with Gasteiger partial charge in [0.25, 0.3) is 0 Å². The van der Waals surface area contributed by atoms with Crippen molar-refractivity contribution >= 4 is 46.6 Å². The molecule has 20 heavy (non-hydrogen) atoms. The topological polar surface area (TPSA) is 66.5 Å². The number of halogens is 2. The maximum Gasteiger partial charge on any atom is 0.229 e. The first-order valence-corrected chi connectivity index (χ1v) is 6.81. The van der Waals surface area contributed by atoms with Crippen molar-refractivity contribution in [2.24, 2.45) is 0 Å². The van der Waals surface area contributed by atoms with Gasteiger partial charge in [0, 0.05) is 25.8 Å². The number of carbonyl (C=O) groups excluding carboxylic acids is 3. The lowest BCUT2D eigenvalue weighted by molar-refractivity contribution is -0.138. The van der Waals surface area contributed by atoms with Gasteiger partial charge in [0.05, 0.1) is 15.7 Å². The molecule has 5 nitrogen and oxygen atoms in total. The second kappa shape index (κ2) is 6.24. The smallest absolute Gasteiger partial charge is 0.229 e. The maximum absolute atomic E-state index is 11.8. The molecular weight excluding hydrogens is 303 g/mol. The Labute approximate surface area is 125 Å². The Kier molecular flexibility index (Phi) is 4.62. The van der Waals surface area contributed by atoms with E-state index < -0.39 is 0 Å². The van der Waals surface area contributed by atoms with E-state index >= 15 is 0 Å². The second-order valence-electron chi connectivity index (χ2n) is 4.34. The lowest BCUT2D eigenvalue weighted by atomic mass is 10.3. The van der Waals surface area contributed by atoms with Crippen LogP contribution >= 0.6 is 23.2 Å². The summed E-state index contributed by atoms with van der Waals surface area (Å²) < 4.78 is 0. The Morgan fingerprint density at radius 1 is 1.20 bits per heavy atom. The van der Waals surface area contributed by atoms with E-state index in [0.29, 0.717) is 10.7 Å². The van der Waals surface area contributed by atoms with Crippen LogP contribution in [0.1, 0.15) is 19.3 Å². The number of nitrogens with one attached hydrogen (secondary N) is 1. The van der Waals surface area contributed by atoms with Crippen molar-refractivity contribution in [1.29, 1.82) is 0 Å². The van der Waals surface area contributed by atoms with Crippen molar-refractivity contribution in [1.82, 2.24) is 4.90 Å². The highest BCUT2D eigenvalue weighted by Crippen LogP contribution is 2.29. The van der Waals surface area contributed by atoms with Gasteiger partial charge in [-0.3, -0.25) is 19.3 Å². The third kappa shape index (κ3) is 3.29. The summed E-state index contributed by atoms with van der Waals surface area (Å²) in [5.41, 5.74) is 0.406. The third-order valence-corrected chi connectivity index (χ3v) is 3.76. The number of likely N-dealkylation sites (tertiary alicyclic amines) is 1. The first-order valence-electron chi connectivity index (χ1n) is 6.06. The van der Waals surface area contributed by atoms with Crippen LogP contribution in [0, 0.1) is 0 Å². The van der Waals surface area contributed by atoms with Crippen LogP contribution in [-0.2, 0) is 14.4 Å². The highest BCUT2D eigenvalue weighted by Gasteiger charge is 2.28. The van der Waals surface area contributed by atoms with Crippen molar-refractivity contribution in [2.45, 2.75) is 19.3 Å². The Balaban J connectivity index is 1.91. The number of imide groups is 1. The number of hydrogen-bond acceptors (Lipinski definition) is 3. The van der Waals surface area contributed by atoms with E-state index in [1.807, 2.05) is 0 Å². The minimum absolute atomic E-state index is 0.0281. The molecule has 1 saturated heterocycles. The molecule has 7 heteroatoms. The molecule has 106 valence electrons. The van der Waals surface area contributed by atoms with Gasteiger partial charge in [-0.15, -0.1) is 0 Å². The van der Waals surface area contributed by atoms with Crippen LogP contribution in [0.3, 0.4) is 0 Å². The molecule has 2 rings (SSSR count). The molecule has 1 aromatic rings. The summed E-state index contributed by atoms with van der Waals surface area (Å²) >= 11 is 11.8. The van der Waals surface area contributed by atoms with Gasteiger partial charge in [-0.05, 0) is 12.1 Å². The van der Waals surface area contributed by atoms with Gasteiger partial charge in [0.1, 0.15) is 0 Å². The highest BCUT2D eigenvalue weighted by molar-refractivity contribution is 6.43. The van der Waals surface area contributed by atoms with Crippen molar-refractivity contribution in [3.05, 3.63) is 28.2 Å². The zero-order valence-electron chi connectivity index (χ0n) is 10.5. The third-order valence-electron chi connectivity index (χ3n) is 2.94. The van der Waals surface area contributed by atoms with Crippen LogP contribution in [0.25, 0.3) is 0 Å². The number of carbonyl (C=O) groups is 3. The van der Waals surface area contributed by atoms with Crippen LogP contribution in [0.5, 0.6) is 0 Å². The second-order valence-corrected chi connectivity index (χ2v) is 5.12. The Morgan fingerprint density at radius 2 is 1.85 bits per heavy atom. The van der Waals surface area contributed by atoms with E-state index in [1.54, 1.807) is 18.2 Å². The summed E-state index contributed by atoms with van der Waals surface area (Å²) in [6.45, 7) is 0.0850. The van der Waals surface area contributed by atoms with E-state index in [0.717, 1.165) is 4.90 Å². The fraction of sp³-hybridized carbons (Fsp3) is 0.308. The number of anilines is 1. The van der Waals surface area contributed by atoms with Gasteiger partial charge < -0.3 is 5.32 Å². The van der Waals surface area contributed by atoms with Gasteiger partial charge in [-0.25, -0.2) is 0 Å². The predicted octanol–water partition coefficient (Wildman–Crippen LogP) is 2.47. The summed E-state index contributed by atoms with van der Waals surface area (Å²) in [6.07, 6.45) is 0.474. The normalized spacial score (nSPS) is 14.8. The average Bonchev–Trinajstić information content (AvgIpc) is 2.72. The lowest BCUT2D eigenvalue weighted by Gasteiger charge is -2.13. The quantitative estimate of drug-likeness (QED) is 0.868. The van der Waals surface area contributed by atoms with E-state index in [9.17, 15) is 14.4 Å². The van der Waals surface area contributed by atoms with Gasteiger partial charge in [-0.2, -0.15) is 0 Å². The summed E-state index contributed by atoms with van der Waals surface area (Å²) in [6, 6.07) is 4.90. The molecule has 0 saturated carbocycles. The number of hydrogen-bond donors (Lipinski definition) is 1. The highest BCUT2D eigenvalue weighted by atomic mass is 35.5. The Bertz CT molecular complexity index is 559. The molecule has 1 aromatic carbocycles. The Hall–Kier alpha value is -1.59. The van der Waals surface area contributed by atoms with E-state index in [4.69, 9.17) is 23.2 Å². The molecule has 0 atom stereocenters. The van der Waals surface area contributed by atoms with Gasteiger partial charge in [-0.1, -0.05) is 29.3 Å². The molecule has 1 fully saturated rings. The number of nitrogens with zero attached hydrogens (tertiary/aromatic N) is 1. The summed E-state index contributed by atoms with van der Waals surface area (Å²) in [5.74, 6) is -0.797. The summed E-state index contributed by atoms with van der Waals surface area (Å²) in [7, 11) is 0. The fourth-order valence-electron chi connectivity index (χ4n) is 1.90. The van der Waals surface area contributed by atoms with E-state index in [1.165, 1.54) is 0 Å². The largest absolute Gasteiger partial charge is 0.325 e.